The summed E-state index contributed by atoms with van der Waals surface area (Å²) in [5.74, 6) is -0.521. The van der Waals surface area contributed by atoms with E-state index >= 15 is 0 Å². The van der Waals surface area contributed by atoms with Crippen LogP contribution in [0, 0.1) is 0 Å². The number of carbonyl (C=O) groups is 1. The van der Waals surface area contributed by atoms with Crippen LogP contribution in [-0.4, -0.2) is 28.6 Å². The molecule has 0 spiro atoms. The molecule has 3 nitrogen and oxygen atoms in total. The molecule has 0 bridgehead atoms. The number of phenolic OH excluding ortho intramolecular Hbond substituents is 1. The Balaban J connectivity index is 2.38. The fraction of sp³-hybridized carbons (Fsp3) is 0.462. The third-order valence-electron chi connectivity index (χ3n) is 3.33. The molecule has 19 heavy (non-hydrogen) atoms. The second kappa shape index (κ2) is 4.75. The van der Waals surface area contributed by atoms with E-state index in [1.807, 2.05) is 0 Å². The van der Waals surface area contributed by atoms with E-state index in [1.165, 1.54) is 12.1 Å². The van der Waals surface area contributed by atoms with Crippen LogP contribution >= 0.6 is 0 Å². The van der Waals surface area contributed by atoms with Crippen LogP contribution in [0.1, 0.15) is 30.5 Å². The quantitative estimate of drug-likeness (QED) is 0.854. The van der Waals surface area contributed by atoms with Crippen molar-refractivity contribution in [2.45, 2.75) is 32.0 Å². The normalized spacial score (nSPS) is 20.1. The van der Waals surface area contributed by atoms with Crippen molar-refractivity contribution in [3.8, 4) is 5.75 Å². The van der Waals surface area contributed by atoms with Crippen molar-refractivity contribution in [2.24, 2.45) is 0 Å². The van der Waals surface area contributed by atoms with Crippen LogP contribution in [0.5, 0.6) is 5.75 Å². The zero-order chi connectivity index (χ0) is 14.2. The van der Waals surface area contributed by atoms with Crippen molar-refractivity contribution in [1.82, 2.24) is 4.90 Å². The zero-order valence-corrected chi connectivity index (χ0v) is 10.4. The molecule has 104 valence electrons. The molecule has 0 saturated carbocycles. The highest BCUT2D eigenvalue weighted by Gasteiger charge is 2.37. The number of alkyl halides is 3. The number of rotatable bonds is 1. The first-order chi connectivity index (χ1) is 8.78. The summed E-state index contributed by atoms with van der Waals surface area (Å²) in [7, 11) is 0. The van der Waals surface area contributed by atoms with E-state index in [0.29, 0.717) is 12.0 Å². The van der Waals surface area contributed by atoms with Gasteiger partial charge in [0.15, 0.2) is 0 Å². The molecular weight excluding hydrogens is 259 g/mol. The summed E-state index contributed by atoms with van der Waals surface area (Å²) >= 11 is 0. The maximum Gasteiger partial charge on any atom is 0.406 e. The molecule has 1 aromatic rings. The Morgan fingerprint density at radius 3 is 2.68 bits per heavy atom. The second-order valence-electron chi connectivity index (χ2n) is 4.70. The minimum absolute atomic E-state index is 0.00749. The molecule has 1 aromatic carbocycles. The molecule has 0 radical (unpaired) electrons. The van der Waals surface area contributed by atoms with Gasteiger partial charge < -0.3 is 10.0 Å². The average molecular weight is 273 g/mol. The van der Waals surface area contributed by atoms with Crippen molar-refractivity contribution in [1.29, 1.82) is 0 Å². The lowest BCUT2D eigenvalue weighted by atomic mass is 9.99. The Labute approximate surface area is 108 Å². The lowest BCUT2D eigenvalue weighted by Crippen LogP contribution is -2.39. The van der Waals surface area contributed by atoms with E-state index in [2.05, 4.69) is 0 Å². The van der Waals surface area contributed by atoms with Gasteiger partial charge in [0.1, 0.15) is 12.3 Å². The van der Waals surface area contributed by atoms with Gasteiger partial charge in [0, 0.05) is 6.42 Å². The summed E-state index contributed by atoms with van der Waals surface area (Å²) in [4.78, 5) is 12.6. The number of fused-ring (bicyclic) bond motifs is 1. The number of amides is 1. The lowest BCUT2D eigenvalue weighted by Gasteiger charge is -2.29. The SMILES string of the molecule is C[C@@H]1c2cc(O)ccc2CCC(=O)N1CC(F)(F)F. The van der Waals surface area contributed by atoms with Crippen LogP contribution in [-0.2, 0) is 11.2 Å². The third-order valence-corrected chi connectivity index (χ3v) is 3.33. The van der Waals surface area contributed by atoms with Crippen molar-refractivity contribution in [3.05, 3.63) is 29.3 Å². The van der Waals surface area contributed by atoms with Crippen LogP contribution in [0.25, 0.3) is 0 Å². The number of phenols is 1. The van der Waals surface area contributed by atoms with Gasteiger partial charge in [-0.1, -0.05) is 6.07 Å². The molecule has 0 saturated heterocycles. The first kappa shape index (κ1) is 13.7. The maximum absolute atomic E-state index is 12.5. The number of hydrogen-bond acceptors (Lipinski definition) is 2. The number of aryl methyl sites for hydroxylation is 1. The summed E-state index contributed by atoms with van der Waals surface area (Å²) in [6.07, 6.45) is -3.98. The van der Waals surface area contributed by atoms with Gasteiger partial charge in [0.05, 0.1) is 6.04 Å². The lowest BCUT2D eigenvalue weighted by molar-refractivity contribution is -0.165. The van der Waals surface area contributed by atoms with E-state index < -0.39 is 24.7 Å². The smallest absolute Gasteiger partial charge is 0.406 e. The Morgan fingerprint density at radius 2 is 2.05 bits per heavy atom. The molecule has 6 heteroatoms. The molecule has 0 aliphatic carbocycles. The number of nitrogens with zero attached hydrogens (tertiary/aromatic N) is 1. The molecule has 1 atom stereocenters. The molecule has 1 aliphatic rings. The van der Waals surface area contributed by atoms with Crippen LogP contribution in [0.2, 0.25) is 0 Å². The average Bonchev–Trinajstić information content (AvgIpc) is 2.41. The van der Waals surface area contributed by atoms with Crippen LogP contribution in [0.15, 0.2) is 18.2 Å². The minimum Gasteiger partial charge on any atom is -0.508 e. The van der Waals surface area contributed by atoms with Gasteiger partial charge in [-0.2, -0.15) is 13.2 Å². The fourth-order valence-corrected chi connectivity index (χ4v) is 2.39. The molecular formula is C13H14F3NO2. The van der Waals surface area contributed by atoms with Gasteiger partial charge >= 0.3 is 6.18 Å². The Kier molecular flexibility index (Phi) is 3.43. The van der Waals surface area contributed by atoms with Gasteiger partial charge in [-0.15, -0.1) is 0 Å². The third kappa shape index (κ3) is 3.00. The van der Waals surface area contributed by atoms with E-state index in [1.54, 1.807) is 13.0 Å². The second-order valence-corrected chi connectivity index (χ2v) is 4.70. The van der Waals surface area contributed by atoms with Crippen molar-refractivity contribution in [3.63, 3.8) is 0 Å². The monoisotopic (exact) mass is 273 g/mol. The predicted octanol–water partition coefficient (Wildman–Crippen LogP) is 2.79. The Bertz CT molecular complexity index is 499. The molecule has 0 unspecified atom stereocenters. The highest BCUT2D eigenvalue weighted by molar-refractivity contribution is 5.78. The standard InChI is InChI=1S/C13H14F3NO2/c1-8-11-6-10(18)4-2-9(11)3-5-12(19)17(8)7-13(14,15)16/h2,4,6,8,18H,3,5,7H2,1H3/t8-/m1/s1. The van der Waals surface area contributed by atoms with E-state index in [4.69, 9.17) is 0 Å². The van der Waals surface area contributed by atoms with Crippen molar-refractivity contribution < 1.29 is 23.1 Å². The summed E-state index contributed by atoms with van der Waals surface area (Å²) in [5, 5.41) is 9.46. The molecule has 0 aromatic heterocycles. The van der Waals surface area contributed by atoms with Crippen LogP contribution in [0.3, 0.4) is 0 Å². The Morgan fingerprint density at radius 1 is 1.37 bits per heavy atom. The van der Waals surface area contributed by atoms with Gasteiger partial charge in [-0.25, -0.2) is 0 Å². The number of aromatic hydroxyl groups is 1. The Hall–Kier alpha value is -1.72. The van der Waals surface area contributed by atoms with Crippen LogP contribution < -0.4 is 0 Å². The topological polar surface area (TPSA) is 40.5 Å². The van der Waals surface area contributed by atoms with Crippen molar-refractivity contribution >= 4 is 5.91 Å². The first-order valence-corrected chi connectivity index (χ1v) is 5.96. The fourth-order valence-electron chi connectivity index (χ4n) is 2.39. The zero-order valence-electron chi connectivity index (χ0n) is 10.4. The van der Waals surface area contributed by atoms with Crippen LogP contribution in [0.4, 0.5) is 13.2 Å². The predicted molar refractivity (Wildman–Crippen MR) is 62.6 cm³/mol. The summed E-state index contributed by atoms with van der Waals surface area (Å²) < 4.78 is 37.6. The molecule has 1 heterocycles. The number of carbonyl (C=O) groups excluding carboxylic acids is 1. The highest BCUT2D eigenvalue weighted by Crippen LogP contribution is 2.33. The number of halogens is 3. The number of benzene rings is 1. The molecule has 2 rings (SSSR count). The maximum atomic E-state index is 12.5. The van der Waals surface area contributed by atoms with Gasteiger partial charge in [-0.3, -0.25) is 4.79 Å². The van der Waals surface area contributed by atoms with E-state index in [9.17, 15) is 23.1 Å². The highest BCUT2D eigenvalue weighted by atomic mass is 19.4. The summed E-state index contributed by atoms with van der Waals surface area (Å²) in [6.45, 7) is 0.287. The van der Waals surface area contributed by atoms with E-state index in [0.717, 1.165) is 10.5 Å². The van der Waals surface area contributed by atoms with Gasteiger partial charge in [0.25, 0.3) is 0 Å². The van der Waals surface area contributed by atoms with Gasteiger partial charge in [-0.05, 0) is 36.6 Å². The first-order valence-electron chi connectivity index (χ1n) is 5.96. The minimum atomic E-state index is -4.43. The molecule has 1 N–H and O–H groups in total. The molecule has 1 amide bonds. The summed E-state index contributed by atoms with van der Waals surface area (Å²) in [6, 6.07) is 3.88. The van der Waals surface area contributed by atoms with Gasteiger partial charge in [0.2, 0.25) is 5.91 Å². The number of hydrogen-bond donors (Lipinski definition) is 1. The summed E-state index contributed by atoms with van der Waals surface area (Å²) in [5.41, 5.74) is 1.39. The van der Waals surface area contributed by atoms with Crippen molar-refractivity contribution in [2.75, 3.05) is 6.54 Å². The molecule has 1 aliphatic heterocycles. The van der Waals surface area contributed by atoms with E-state index in [-0.39, 0.29) is 12.2 Å². The largest absolute Gasteiger partial charge is 0.508 e. The molecule has 0 fully saturated rings.